The molecule has 1 N–H and O–H groups in total. The lowest BCUT2D eigenvalue weighted by Gasteiger charge is -2.44. The number of rotatable bonds is 4. The van der Waals surface area contributed by atoms with Crippen LogP contribution in [0.5, 0.6) is 0 Å². The molecule has 4 heteroatoms. The van der Waals surface area contributed by atoms with Gasteiger partial charge in [-0.2, -0.15) is 11.8 Å². The van der Waals surface area contributed by atoms with Crippen molar-refractivity contribution in [2.45, 2.75) is 50.7 Å². The fraction of sp³-hybridized carbons (Fsp3) is 1.00. The molecule has 3 aliphatic rings. The molecule has 3 nitrogen and oxygen atoms in total. The lowest BCUT2D eigenvalue weighted by Crippen LogP contribution is -2.50. The maximum atomic E-state index is 6.20. The fourth-order valence-electron chi connectivity index (χ4n) is 4.26. The number of hydrogen-bond acceptors (Lipinski definition) is 4. The van der Waals surface area contributed by atoms with Crippen LogP contribution in [0.2, 0.25) is 0 Å². The van der Waals surface area contributed by atoms with Gasteiger partial charge in [-0.15, -0.1) is 0 Å². The highest BCUT2D eigenvalue weighted by molar-refractivity contribution is 7.99. The fourth-order valence-corrected chi connectivity index (χ4v) is 5.64. The molecule has 1 spiro atoms. The lowest BCUT2D eigenvalue weighted by molar-refractivity contribution is -0.0914. The smallest absolute Gasteiger partial charge is 0.0783 e. The summed E-state index contributed by atoms with van der Waals surface area (Å²) in [5.74, 6) is 4.11. The summed E-state index contributed by atoms with van der Waals surface area (Å²) in [5, 5.41) is 3.81. The van der Waals surface area contributed by atoms with Crippen LogP contribution in [0.4, 0.5) is 0 Å². The van der Waals surface area contributed by atoms with E-state index in [9.17, 15) is 0 Å². The second-order valence-electron chi connectivity index (χ2n) is 6.62. The van der Waals surface area contributed by atoms with E-state index in [-0.39, 0.29) is 5.60 Å². The van der Waals surface area contributed by atoms with Gasteiger partial charge in [0.15, 0.2) is 0 Å². The Bertz CT molecular complexity index is 301. The van der Waals surface area contributed by atoms with Gasteiger partial charge in [-0.1, -0.05) is 6.92 Å². The van der Waals surface area contributed by atoms with E-state index < -0.39 is 0 Å². The molecule has 0 aromatic rings. The minimum atomic E-state index is 0.215. The van der Waals surface area contributed by atoms with E-state index in [1.54, 1.807) is 0 Å². The minimum Gasteiger partial charge on any atom is -0.381 e. The predicted octanol–water partition coefficient (Wildman–Crippen LogP) is 2.69. The van der Waals surface area contributed by atoms with E-state index in [2.05, 4.69) is 24.0 Å². The molecule has 3 heterocycles. The standard InChI is InChI=1S/C16H29NO2S/c1-2-17-15(13-3-7-18-8-4-13)14-5-9-19-16(11-14)6-10-20-12-16/h13-15,17H,2-12H2,1H3. The zero-order valence-electron chi connectivity index (χ0n) is 12.7. The van der Waals surface area contributed by atoms with Crippen LogP contribution in [0.25, 0.3) is 0 Å². The Morgan fingerprint density at radius 3 is 2.70 bits per heavy atom. The van der Waals surface area contributed by atoms with Crippen LogP contribution < -0.4 is 5.32 Å². The number of nitrogens with one attached hydrogen (secondary N) is 1. The monoisotopic (exact) mass is 299 g/mol. The van der Waals surface area contributed by atoms with Gasteiger partial charge >= 0.3 is 0 Å². The summed E-state index contributed by atoms with van der Waals surface area (Å²) in [7, 11) is 0. The van der Waals surface area contributed by atoms with Crippen molar-refractivity contribution in [1.82, 2.24) is 5.32 Å². The molecule has 0 saturated carbocycles. The van der Waals surface area contributed by atoms with Crippen LogP contribution in [0.1, 0.15) is 39.0 Å². The van der Waals surface area contributed by atoms with Crippen molar-refractivity contribution in [1.29, 1.82) is 0 Å². The van der Waals surface area contributed by atoms with Gasteiger partial charge in [0, 0.05) is 31.6 Å². The van der Waals surface area contributed by atoms with Gasteiger partial charge in [-0.05, 0) is 56.2 Å². The van der Waals surface area contributed by atoms with Crippen LogP contribution in [0, 0.1) is 11.8 Å². The van der Waals surface area contributed by atoms with Crippen LogP contribution >= 0.6 is 11.8 Å². The van der Waals surface area contributed by atoms with E-state index in [0.717, 1.165) is 38.2 Å². The number of ether oxygens (including phenoxy) is 2. The largest absolute Gasteiger partial charge is 0.381 e. The average molecular weight is 299 g/mol. The summed E-state index contributed by atoms with van der Waals surface area (Å²) in [4.78, 5) is 0. The molecule has 3 aliphatic heterocycles. The van der Waals surface area contributed by atoms with Crippen LogP contribution in [0.3, 0.4) is 0 Å². The first kappa shape index (κ1) is 15.1. The summed E-state index contributed by atoms with van der Waals surface area (Å²) < 4.78 is 11.8. The van der Waals surface area contributed by atoms with Gasteiger partial charge in [0.1, 0.15) is 0 Å². The first-order chi connectivity index (χ1) is 9.83. The zero-order chi connectivity index (χ0) is 13.8. The predicted molar refractivity (Wildman–Crippen MR) is 84.4 cm³/mol. The molecular weight excluding hydrogens is 270 g/mol. The highest BCUT2D eigenvalue weighted by Crippen LogP contribution is 2.42. The van der Waals surface area contributed by atoms with Gasteiger partial charge < -0.3 is 14.8 Å². The van der Waals surface area contributed by atoms with Crippen molar-refractivity contribution in [3.63, 3.8) is 0 Å². The Kier molecular flexibility index (Phi) is 5.29. The van der Waals surface area contributed by atoms with Crippen molar-refractivity contribution in [2.75, 3.05) is 37.9 Å². The second kappa shape index (κ2) is 6.99. The van der Waals surface area contributed by atoms with Gasteiger partial charge in [0.05, 0.1) is 5.60 Å². The molecule has 0 bridgehead atoms. The van der Waals surface area contributed by atoms with E-state index >= 15 is 0 Å². The van der Waals surface area contributed by atoms with Crippen molar-refractivity contribution < 1.29 is 9.47 Å². The minimum absolute atomic E-state index is 0.215. The first-order valence-corrected chi connectivity index (χ1v) is 9.51. The highest BCUT2D eigenvalue weighted by Gasteiger charge is 2.43. The molecule has 0 aromatic carbocycles. The van der Waals surface area contributed by atoms with E-state index in [1.807, 2.05) is 0 Å². The zero-order valence-corrected chi connectivity index (χ0v) is 13.6. The van der Waals surface area contributed by atoms with Gasteiger partial charge in [0.2, 0.25) is 0 Å². The molecule has 3 rings (SSSR count). The van der Waals surface area contributed by atoms with Gasteiger partial charge in [-0.25, -0.2) is 0 Å². The molecule has 3 atom stereocenters. The molecule has 0 radical (unpaired) electrons. The molecule has 3 fully saturated rings. The Hall–Kier alpha value is 0.230. The Morgan fingerprint density at radius 1 is 1.20 bits per heavy atom. The van der Waals surface area contributed by atoms with E-state index in [1.165, 1.54) is 43.6 Å². The highest BCUT2D eigenvalue weighted by atomic mass is 32.2. The summed E-state index contributed by atoms with van der Waals surface area (Å²) in [6, 6.07) is 0.676. The van der Waals surface area contributed by atoms with Crippen LogP contribution in [0.15, 0.2) is 0 Å². The maximum Gasteiger partial charge on any atom is 0.0783 e. The number of hydrogen-bond donors (Lipinski definition) is 1. The Balaban J connectivity index is 1.66. The van der Waals surface area contributed by atoms with Crippen molar-refractivity contribution in [2.24, 2.45) is 11.8 Å². The van der Waals surface area contributed by atoms with Crippen molar-refractivity contribution in [3.8, 4) is 0 Å². The Morgan fingerprint density at radius 2 is 2.00 bits per heavy atom. The van der Waals surface area contributed by atoms with Crippen molar-refractivity contribution in [3.05, 3.63) is 0 Å². The van der Waals surface area contributed by atoms with Crippen molar-refractivity contribution >= 4 is 11.8 Å². The third-order valence-corrected chi connectivity index (χ3v) is 6.54. The van der Waals surface area contributed by atoms with Gasteiger partial charge in [-0.3, -0.25) is 0 Å². The molecule has 3 saturated heterocycles. The third-order valence-electron chi connectivity index (χ3n) is 5.32. The summed E-state index contributed by atoms with van der Waals surface area (Å²) in [6.45, 7) is 6.21. The maximum absolute atomic E-state index is 6.20. The van der Waals surface area contributed by atoms with E-state index in [0.29, 0.717) is 6.04 Å². The molecule has 20 heavy (non-hydrogen) atoms. The first-order valence-electron chi connectivity index (χ1n) is 8.36. The average Bonchev–Trinajstić information content (AvgIpc) is 2.93. The Labute approximate surface area is 127 Å². The third kappa shape index (κ3) is 3.34. The SMILES string of the molecule is CCNC(C1CCOCC1)C1CCOC2(CCSC2)C1. The quantitative estimate of drug-likeness (QED) is 0.864. The molecule has 0 amide bonds. The normalized spacial score (nSPS) is 37.4. The summed E-state index contributed by atoms with van der Waals surface area (Å²) >= 11 is 2.08. The topological polar surface area (TPSA) is 30.5 Å². The molecule has 0 aromatic heterocycles. The molecule has 116 valence electrons. The second-order valence-corrected chi connectivity index (χ2v) is 7.73. The van der Waals surface area contributed by atoms with Crippen LogP contribution in [-0.4, -0.2) is 49.5 Å². The van der Waals surface area contributed by atoms with Crippen LogP contribution in [-0.2, 0) is 9.47 Å². The lowest BCUT2D eigenvalue weighted by atomic mass is 9.75. The van der Waals surface area contributed by atoms with E-state index in [4.69, 9.17) is 9.47 Å². The summed E-state index contributed by atoms with van der Waals surface area (Å²) in [6.07, 6.45) is 6.24. The molecular formula is C16H29NO2S. The molecule has 3 unspecified atom stereocenters. The van der Waals surface area contributed by atoms with Gasteiger partial charge in [0.25, 0.3) is 0 Å². The number of thioether (sulfide) groups is 1. The summed E-state index contributed by atoms with van der Waals surface area (Å²) in [5.41, 5.74) is 0.215. The molecule has 0 aliphatic carbocycles.